The summed E-state index contributed by atoms with van der Waals surface area (Å²) in [6, 6.07) is 0. The molecule has 0 radical (unpaired) electrons. The first-order valence-electron chi connectivity index (χ1n) is 8.72. The molecule has 7 heteroatoms. The average molecular weight is 361 g/mol. The molecule has 0 bridgehead atoms. The van der Waals surface area contributed by atoms with Gasteiger partial charge in [-0.3, -0.25) is 0 Å². The highest BCUT2D eigenvalue weighted by molar-refractivity contribution is 7.91. The topological polar surface area (TPSA) is 86.7 Å². The largest absolute Gasteiger partial charge is 0.464 e. The molecule has 6 nitrogen and oxygen atoms in total. The van der Waals surface area contributed by atoms with Gasteiger partial charge in [-0.1, -0.05) is 31.8 Å². The van der Waals surface area contributed by atoms with Crippen molar-refractivity contribution in [2.24, 2.45) is 0 Å². The molecule has 0 aromatic carbocycles. The number of unbranched alkanes of at least 4 members (excludes halogenated alkanes) is 5. The van der Waals surface area contributed by atoms with Crippen LogP contribution < -0.4 is 4.83 Å². The van der Waals surface area contributed by atoms with E-state index in [1.54, 1.807) is 20.8 Å². The number of hydrogen-bond acceptors (Lipinski definition) is 3. The van der Waals surface area contributed by atoms with Gasteiger partial charge in [0.05, 0.1) is 10.3 Å². The van der Waals surface area contributed by atoms with E-state index in [1.165, 1.54) is 0 Å². The zero-order valence-electron chi connectivity index (χ0n) is 15.2. The molecule has 0 heterocycles. The van der Waals surface area contributed by atoms with Crippen LogP contribution in [0.1, 0.15) is 78.6 Å². The third kappa shape index (κ3) is 5.77. The summed E-state index contributed by atoms with van der Waals surface area (Å²) in [6.07, 6.45) is 8.71. The van der Waals surface area contributed by atoms with Gasteiger partial charge in [0.25, 0.3) is 0 Å². The third-order valence-electron chi connectivity index (χ3n) is 4.49. The highest BCUT2D eigenvalue weighted by Gasteiger charge is 2.55. The fraction of sp³-hybridized carbons (Fsp3) is 0.824. The molecule has 2 N–H and O–H groups in total. The lowest BCUT2D eigenvalue weighted by Gasteiger charge is -2.34. The van der Waals surface area contributed by atoms with Crippen LogP contribution in [0.25, 0.3) is 0 Å². The Balaban J connectivity index is 2.53. The predicted molar refractivity (Wildman–Crippen MR) is 96.2 cm³/mol. The van der Waals surface area contributed by atoms with Gasteiger partial charge in [0.15, 0.2) is 0 Å². The molecular weight excluding hydrogens is 328 g/mol. The van der Waals surface area contributed by atoms with Crippen molar-refractivity contribution in [2.45, 2.75) is 88.8 Å². The molecule has 0 aromatic rings. The smallest absolute Gasteiger partial charge is 0.423 e. The molecule has 1 amide bonds. The van der Waals surface area contributed by atoms with E-state index in [1.807, 2.05) is 6.08 Å². The number of nitrogens with zero attached hydrogens (tertiary/aromatic N) is 1. The SMILES string of the molecule is C=CCCCCCCCC1(S(=O)(=O)NN(C(=O)O)C(C)(C)C)CC1. The molecule has 0 spiro atoms. The van der Waals surface area contributed by atoms with Crippen molar-refractivity contribution in [3.8, 4) is 0 Å². The Morgan fingerprint density at radius 3 is 2.21 bits per heavy atom. The lowest BCUT2D eigenvalue weighted by molar-refractivity contribution is 0.0853. The van der Waals surface area contributed by atoms with E-state index >= 15 is 0 Å². The van der Waals surface area contributed by atoms with Crippen LogP contribution in [0.3, 0.4) is 0 Å². The highest BCUT2D eigenvalue weighted by Crippen LogP contribution is 2.47. The Hall–Kier alpha value is -1.08. The van der Waals surface area contributed by atoms with Crippen molar-refractivity contribution in [1.29, 1.82) is 0 Å². The predicted octanol–water partition coefficient (Wildman–Crippen LogP) is 4.05. The summed E-state index contributed by atoms with van der Waals surface area (Å²) in [5.41, 5.74) is -0.833. The Kier molecular flexibility index (Phi) is 7.28. The van der Waals surface area contributed by atoms with Crippen LogP contribution in [0, 0.1) is 0 Å². The molecule has 140 valence electrons. The number of nitrogens with one attached hydrogen (secondary N) is 1. The minimum absolute atomic E-state index is 0.599. The first-order chi connectivity index (χ1) is 11.1. The van der Waals surface area contributed by atoms with Crippen LogP contribution in [0.5, 0.6) is 0 Å². The van der Waals surface area contributed by atoms with E-state index in [0.29, 0.717) is 19.3 Å². The van der Waals surface area contributed by atoms with Crippen LogP contribution in [0.2, 0.25) is 0 Å². The van der Waals surface area contributed by atoms with E-state index < -0.39 is 26.4 Å². The van der Waals surface area contributed by atoms with Gasteiger partial charge >= 0.3 is 6.09 Å². The van der Waals surface area contributed by atoms with Crippen LogP contribution in [0.15, 0.2) is 12.7 Å². The molecule has 1 fully saturated rings. The molecule has 0 aliphatic heterocycles. The lowest BCUT2D eigenvalue weighted by Crippen LogP contribution is -2.57. The number of amides is 1. The van der Waals surface area contributed by atoms with Gasteiger partial charge in [-0.05, 0) is 52.9 Å². The minimum atomic E-state index is -3.70. The maximum atomic E-state index is 12.7. The van der Waals surface area contributed by atoms with Crippen LogP contribution in [-0.4, -0.2) is 34.9 Å². The van der Waals surface area contributed by atoms with Gasteiger partial charge in [-0.15, -0.1) is 11.4 Å². The van der Waals surface area contributed by atoms with E-state index in [9.17, 15) is 18.3 Å². The van der Waals surface area contributed by atoms with E-state index in [-0.39, 0.29) is 0 Å². The highest BCUT2D eigenvalue weighted by atomic mass is 32.2. The summed E-state index contributed by atoms with van der Waals surface area (Å²) in [4.78, 5) is 13.6. The summed E-state index contributed by atoms with van der Waals surface area (Å²) in [5.74, 6) is 0. The van der Waals surface area contributed by atoms with Gasteiger partial charge in [0.1, 0.15) is 0 Å². The standard InChI is InChI=1S/C17H32N2O4S/c1-5-6-7-8-9-10-11-12-17(13-14-17)24(22,23)18-19(15(20)21)16(2,3)4/h5,18H,1,6-14H2,2-4H3,(H,20,21). The molecular formula is C17H32N2O4S. The summed E-state index contributed by atoms with van der Waals surface area (Å²) in [7, 11) is -3.70. The molecule has 1 aliphatic carbocycles. The van der Waals surface area contributed by atoms with Crippen LogP contribution >= 0.6 is 0 Å². The number of carboxylic acid groups (broad SMARTS) is 1. The first kappa shape index (κ1) is 21.0. The molecule has 1 rings (SSSR count). The number of rotatable bonds is 11. The van der Waals surface area contributed by atoms with Gasteiger partial charge in [0, 0.05) is 0 Å². The Morgan fingerprint density at radius 1 is 1.21 bits per heavy atom. The lowest BCUT2D eigenvalue weighted by atomic mass is 10.1. The molecule has 0 atom stereocenters. The van der Waals surface area contributed by atoms with Crippen LogP contribution in [-0.2, 0) is 10.0 Å². The zero-order chi connectivity index (χ0) is 18.4. The Morgan fingerprint density at radius 2 is 1.75 bits per heavy atom. The Labute approximate surface area is 146 Å². The van der Waals surface area contributed by atoms with Gasteiger partial charge < -0.3 is 5.11 Å². The second-order valence-corrected chi connectivity index (χ2v) is 9.72. The van der Waals surface area contributed by atoms with Gasteiger partial charge in [0.2, 0.25) is 10.0 Å². The summed E-state index contributed by atoms with van der Waals surface area (Å²) >= 11 is 0. The molecule has 0 saturated heterocycles. The molecule has 1 saturated carbocycles. The molecule has 0 aromatic heterocycles. The summed E-state index contributed by atoms with van der Waals surface area (Å²) < 4.78 is 24.5. The van der Waals surface area contributed by atoms with Gasteiger partial charge in [-0.25, -0.2) is 18.2 Å². The normalized spacial score (nSPS) is 16.6. The van der Waals surface area contributed by atoms with E-state index in [4.69, 9.17) is 0 Å². The van der Waals surface area contributed by atoms with Crippen LogP contribution in [0.4, 0.5) is 4.79 Å². The average Bonchev–Trinajstić information content (AvgIpc) is 3.24. The van der Waals surface area contributed by atoms with Crippen molar-refractivity contribution in [3.05, 3.63) is 12.7 Å². The second kappa shape index (κ2) is 8.34. The van der Waals surface area contributed by atoms with E-state index in [0.717, 1.165) is 43.5 Å². The van der Waals surface area contributed by atoms with E-state index in [2.05, 4.69) is 11.4 Å². The minimum Gasteiger partial charge on any atom is -0.464 e. The van der Waals surface area contributed by atoms with Crippen molar-refractivity contribution in [1.82, 2.24) is 9.84 Å². The van der Waals surface area contributed by atoms with Crippen molar-refractivity contribution >= 4 is 16.1 Å². The van der Waals surface area contributed by atoms with Gasteiger partial charge in [-0.2, -0.15) is 0 Å². The molecule has 24 heavy (non-hydrogen) atoms. The van der Waals surface area contributed by atoms with Crippen molar-refractivity contribution in [3.63, 3.8) is 0 Å². The number of allylic oxidation sites excluding steroid dienone is 1. The maximum absolute atomic E-state index is 12.7. The number of sulfonamides is 1. The molecule has 0 unspecified atom stereocenters. The first-order valence-corrected chi connectivity index (χ1v) is 10.2. The maximum Gasteiger partial charge on any atom is 0.423 e. The zero-order valence-corrected chi connectivity index (χ0v) is 16.0. The molecule has 1 aliphatic rings. The van der Waals surface area contributed by atoms with Crippen molar-refractivity contribution in [2.75, 3.05) is 0 Å². The van der Waals surface area contributed by atoms with Crippen molar-refractivity contribution < 1.29 is 18.3 Å². The third-order valence-corrected chi connectivity index (χ3v) is 6.67. The second-order valence-electron chi connectivity index (χ2n) is 7.66. The monoisotopic (exact) mass is 360 g/mol. The number of carbonyl (C=O) groups is 1. The quantitative estimate of drug-likeness (QED) is 0.331. The fourth-order valence-corrected chi connectivity index (χ4v) is 4.58. The fourth-order valence-electron chi connectivity index (χ4n) is 2.74. The number of hydrazine groups is 1. The number of hydrogen-bond donors (Lipinski definition) is 2. The Bertz CT molecular complexity index is 533. The summed E-state index contributed by atoms with van der Waals surface area (Å²) in [5, 5.41) is 10.1. The summed E-state index contributed by atoms with van der Waals surface area (Å²) in [6.45, 7) is 8.67.